The molecule has 0 fully saturated rings. The van der Waals surface area contributed by atoms with Gasteiger partial charge in [-0.2, -0.15) is 0 Å². The van der Waals surface area contributed by atoms with E-state index in [0.717, 1.165) is 15.6 Å². The minimum Gasteiger partial charge on any atom is -0.483 e. The molecule has 0 aromatic heterocycles. The second kappa shape index (κ2) is 10.9. The zero-order chi connectivity index (χ0) is 20.5. The number of carbonyl (C=O) groups excluding carboxylic acids is 2. The Balaban J connectivity index is 2.02. The van der Waals surface area contributed by atoms with E-state index >= 15 is 0 Å². The third-order valence-corrected chi connectivity index (χ3v) is 4.63. The third kappa shape index (κ3) is 6.68. The van der Waals surface area contributed by atoms with Crippen LogP contribution in [0.1, 0.15) is 37.8 Å². The highest BCUT2D eigenvalue weighted by atomic mass is 79.9. The van der Waals surface area contributed by atoms with Gasteiger partial charge in [0.15, 0.2) is 6.61 Å². The molecule has 0 heterocycles. The van der Waals surface area contributed by atoms with Crippen molar-refractivity contribution in [2.45, 2.75) is 39.2 Å². The maximum atomic E-state index is 12.4. The Bertz CT molecular complexity index is 792. The van der Waals surface area contributed by atoms with Gasteiger partial charge >= 0.3 is 5.97 Å². The number of nitrogens with one attached hydrogen (secondary N) is 1. The fraction of sp³-hybridized carbons (Fsp3) is 0.364. The van der Waals surface area contributed by atoms with Gasteiger partial charge in [-0.1, -0.05) is 60.1 Å². The van der Waals surface area contributed by atoms with Crippen LogP contribution >= 0.6 is 15.9 Å². The molecule has 0 aliphatic carbocycles. The van der Waals surface area contributed by atoms with Crippen LogP contribution in [0, 0.1) is 0 Å². The molecular formula is C22H26BrNO4. The third-order valence-electron chi connectivity index (χ3n) is 4.14. The predicted molar refractivity (Wildman–Crippen MR) is 112 cm³/mol. The minimum absolute atomic E-state index is 0.175. The molecule has 1 unspecified atom stereocenters. The van der Waals surface area contributed by atoms with E-state index in [9.17, 15) is 9.59 Å². The summed E-state index contributed by atoms with van der Waals surface area (Å²) in [6, 6.07) is 14.4. The summed E-state index contributed by atoms with van der Waals surface area (Å²) in [5.74, 6) is 0.0860. The Morgan fingerprint density at radius 1 is 1.11 bits per heavy atom. The lowest BCUT2D eigenvalue weighted by molar-refractivity contribution is -0.147. The topological polar surface area (TPSA) is 64.6 Å². The molecule has 6 heteroatoms. The molecule has 0 aliphatic rings. The Hall–Kier alpha value is -2.34. The lowest BCUT2D eigenvalue weighted by Gasteiger charge is -2.18. The molecule has 1 atom stereocenters. The van der Waals surface area contributed by atoms with E-state index < -0.39 is 12.0 Å². The molecule has 2 rings (SSSR count). The molecule has 5 nitrogen and oxygen atoms in total. The molecule has 150 valence electrons. The number of hydrogen-bond acceptors (Lipinski definition) is 4. The molecule has 1 amide bonds. The first-order valence-corrected chi connectivity index (χ1v) is 10.1. The average molecular weight is 448 g/mol. The van der Waals surface area contributed by atoms with Gasteiger partial charge in [0.05, 0.1) is 6.61 Å². The Labute approximate surface area is 174 Å². The Morgan fingerprint density at radius 2 is 1.82 bits per heavy atom. The zero-order valence-corrected chi connectivity index (χ0v) is 18.0. The fourth-order valence-corrected chi connectivity index (χ4v) is 3.15. The summed E-state index contributed by atoms with van der Waals surface area (Å²) in [4.78, 5) is 24.7. The summed E-state index contributed by atoms with van der Waals surface area (Å²) in [7, 11) is 0. The molecule has 0 bridgehead atoms. The number of amides is 1. The monoisotopic (exact) mass is 447 g/mol. The van der Waals surface area contributed by atoms with Crippen molar-refractivity contribution in [3.05, 3.63) is 64.1 Å². The molecular weight excluding hydrogens is 422 g/mol. The van der Waals surface area contributed by atoms with Gasteiger partial charge in [-0.25, -0.2) is 4.79 Å². The second-order valence-corrected chi connectivity index (χ2v) is 7.60. The molecule has 2 aromatic rings. The quantitative estimate of drug-likeness (QED) is 0.583. The number of halogens is 1. The van der Waals surface area contributed by atoms with Gasteiger partial charge in [-0.05, 0) is 42.2 Å². The van der Waals surface area contributed by atoms with Gasteiger partial charge in [0, 0.05) is 10.9 Å². The maximum Gasteiger partial charge on any atom is 0.328 e. The predicted octanol–water partition coefficient (Wildman–Crippen LogP) is 4.24. The van der Waals surface area contributed by atoms with E-state index in [2.05, 4.69) is 35.1 Å². The minimum atomic E-state index is -0.757. The van der Waals surface area contributed by atoms with E-state index in [0.29, 0.717) is 12.2 Å². The first kappa shape index (κ1) is 22.0. The molecule has 0 saturated carbocycles. The normalized spacial score (nSPS) is 11.8. The summed E-state index contributed by atoms with van der Waals surface area (Å²) in [6.07, 6.45) is 0.362. The molecule has 28 heavy (non-hydrogen) atoms. The molecule has 0 radical (unpaired) electrons. The van der Waals surface area contributed by atoms with E-state index in [-0.39, 0.29) is 25.0 Å². The SMILES string of the molecule is CCOC(=O)C(Cc1ccccc1)NC(=O)COc1ccc(Br)cc1C(C)C. The number of hydrogen-bond donors (Lipinski definition) is 1. The largest absolute Gasteiger partial charge is 0.483 e. The first-order valence-electron chi connectivity index (χ1n) is 9.32. The molecule has 0 spiro atoms. The summed E-state index contributed by atoms with van der Waals surface area (Å²) < 4.78 is 11.8. The highest BCUT2D eigenvalue weighted by molar-refractivity contribution is 9.10. The van der Waals surface area contributed by atoms with Gasteiger partial charge in [-0.15, -0.1) is 0 Å². The van der Waals surface area contributed by atoms with Crippen LogP contribution in [0.2, 0.25) is 0 Å². The second-order valence-electron chi connectivity index (χ2n) is 6.69. The number of benzene rings is 2. The van der Waals surface area contributed by atoms with E-state index in [1.807, 2.05) is 48.5 Å². The van der Waals surface area contributed by atoms with Gasteiger partial charge in [0.1, 0.15) is 11.8 Å². The average Bonchev–Trinajstić information content (AvgIpc) is 2.67. The van der Waals surface area contributed by atoms with Gasteiger partial charge < -0.3 is 14.8 Å². The van der Waals surface area contributed by atoms with Crippen LogP contribution in [0.4, 0.5) is 0 Å². The van der Waals surface area contributed by atoms with Gasteiger partial charge in [-0.3, -0.25) is 4.79 Å². The zero-order valence-electron chi connectivity index (χ0n) is 16.4. The lowest BCUT2D eigenvalue weighted by atomic mass is 10.0. The van der Waals surface area contributed by atoms with Crippen LogP contribution in [-0.4, -0.2) is 31.1 Å². The van der Waals surface area contributed by atoms with Crippen LogP contribution in [0.25, 0.3) is 0 Å². The maximum absolute atomic E-state index is 12.4. The fourth-order valence-electron chi connectivity index (χ4n) is 2.77. The van der Waals surface area contributed by atoms with Crippen LogP contribution in [0.15, 0.2) is 53.0 Å². The highest BCUT2D eigenvalue weighted by Crippen LogP contribution is 2.29. The van der Waals surface area contributed by atoms with Crippen LogP contribution < -0.4 is 10.1 Å². The molecule has 0 saturated heterocycles. The van der Waals surface area contributed by atoms with Crippen LogP contribution in [0.3, 0.4) is 0 Å². The van der Waals surface area contributed by atoms with Crippen molar-refractivity contribution in [3.63, 3.8) is 0 Å². The summed E-state index contributed by atoms with van der Waals surface area (Å²) in [5, 5.41) is 2.73. The molecule has 0 aliphatic heterocycles. The summed E-state index contributed by atoms with van der Waals surface area (Å²) in [5.41, 5.74) is 1.95. The lowest BCUT2D eigenvalue weighted by Crippen LogP contribution is -2.45. The van der Waals surface area contributed by atoms with E-state index in [4.69, 9.17) is 9.47 Å². The van der Waals surface area contributed by atoms with Gasteiger partial charge in [0.25, 0.3) is 5.91 Å². The molecule has 1 N–H and O–H groups in total. The highest BCUT2D eigenvalue weighted by Gasteiger charge is 2.23. The summed E-state index contributed by atoms with van der Waals surface area (Å²) in [6.45, 7) is 5.94. The van der Waals surface area contributed by atoms with Crippen molar-refractivity contribution in [3.8, 4) is 5.75 Å². The number of ether oxygens (including phenoxy) is 2. The van der Waals surface area contributed by atoms with Crippen molar-refractivity contribution in [1.29, 1.82) is 0 Å². The number of carbonyl (C=O) groups is 2. The first-order chi connectivity index (χ1) is 13.4. The van der Waals surface area contributed by atoms with Crippen molar-refractivity contribution in [2.75, 3.05) is 13.2 Å². The summed E-state index contributed by atoms with van der Waals surface area (Å²) >= 11 is 3.45. The van der Waals surface area contributed by atoms with Crippen molar-refractivity contribution < 1.29 is 19.1 Å². The number of esters is 1. The Kier molecular flexibility index (Phi) is 8.51. The molecule has 2 aromatic carbocycles. The van der Waals surface area contributed by atoms with E-state index in [1.54, 1.807) is 6.92 Å². The van der Waals surface area contributed by atoms with Crippen molar-refractivity contribution in [2.24, 2.45) is 0 Å². The van der Waals surface area contributed by atoms with Gasteiger partial charge in [0.2, 0.25) is 0 Å². The van der Waals surface area contributed by atoms with Crippen molar-refractivity contribution >= 4 is 27.8 Å². The van der Waals surface area contributed by atoms with E-state index in [1.165, 1.54) is 0 Å². The Morgan fingerprint density at radius 3 is 2.46 bits per heavy atom. The number of rotatable bonds is 9. The van der Waals surface area contributed by atoms with Crippen LogP contribution in [0.5, 0.6) is 5.75 Å². The van der Waals surface area contributed by atoms with Crippen molar-refractivity contribution in [1.82, 2.24) is 5.32 Å². The standard InChI is InChI=1S/C22H26BrNO4/c1-4-27-22(26)19(12-16-8-6-5-7-9-16)24-21(25)14-28-20-11-10-17(23)13-18(20)15(2)3/h5-11,13,15,19H,4,12,14H2,1-3H3,(H,24,25). The smallest absolute Gasteiger partial charge is 0.328 e. The van der Waals surface area contributed by atoms with Crippen LogP contribution in [-0.2, 0) is 20.7 Å².